The first-order valence-corrected chi connectivity index (χ1v) is 10.2. The van der Waals surface area contributed by atoms with Crippen molar-refractivity contribution in [2.24, 2.45) is 0 Å². The monoisotopic (exact) mass is 465 g/mol. The third-order valence-corrected chi connectivity index (χ3v) is 5.91. The topological polar surface area (TPSA) is 90.6 Å². The highest BCUT2D eigenvalue weighted by Gasteiger charge is 2.34. The fourth-order valence-corrected chi connectivity index (χ4v) is 3.63. The van der Waals surface area contributed by atoms with Crippen molar-refractivity contribution in [1.29, 1.82) is 0 Å². The molecule has 31 heavy (non-hydrogen) atoms. The molecule has 0 aliphatic carbocycles. The first-order chi connectivity index (χ1) is 14.2. The summed E-state index contributed by atoms with van der Waals surface area (Å²) < 4.78 is 104. The SMILES string of the molecule is CCS(=O)(=O)c1cc(C(F)(F)F)cnc1-c1nc(C)n(-c2cc(C(F)(F)F)ccn2)n1. The fraction of sp³-hybridized carbons (Fsp3) is 0.294. The van der Waals surface area contributed by atoms with E-state index in [4.69, 9.17) is 0 Å². The van der Waals surface area contributed by atoms with Crippen LogP contribution in [0.4, 0.5) is 26.3 Å². The third-order valence-electron chi connectivity index (χ3n) is 4.17. The lowest BCUT2D eigenvalue weighted by atomic mass is 10.2. The van der Waals surface area contributed by atoms with Crippen molar-refractivity contribution in [2.45, 2.75) is 31.1 Å². The molecule has 0 aromatic carbocycles. The van der Waals surface area contributed by atoms with Gasteiger partial charge in [0.2, 0.25) is 5.82 Å². The van der Waals surface area contributed by atoms with E-state index in [0.29, 0.717) is 18.3 Å². The van der Waals surface area contributed by atoms with Gasteiger partial charge in [0.05, 0.1) is 21.8 Å². The van der Waals surface area contributed by atoms with Gasteiger partial charge in [-0.1, -0.05) is 6.92 Å². The molecule has 0 spiro atoms. The van der Waals surface area contributed by atoms with E-state index >= 15 is 0 Å². The zero-order valence-electron chi connectivity index (χ0n) is 15.8. The van der Waals surface area contributed by atoms with Gasteiger partial charge in [-0.15, -0.1) is 5.10 Å². The van der Waals surface area contributed by atoms with E-state index in [1.807, 2.05) is 0 Å². The minimum atomic E-state index is -4.84. The molecular formula is C17H13F6N5O2S. The van der Waals surface area contributed by atoms with Crippen molar-refractivity contribution < 1.29 is 34.8 Å². The Kier molecular flexibility index (Phi) is 5.54. The van der Waals surface area contributed by atoms with Crippen LogP contribution >= 0.6 is 0 Å². The average Bonchev–Trinajstić information content (AvgIpc) is 3.08. The van der Waals surface area contributed by atoms with Crippen molar-refractivity contribution in [3.05, 3.63) is 47.5 Å². The molecule has 0 saturated heterocycles. The molecule has 0 fully saturated rings. The summed E-state index contributed by atoms with van der Waals surface area (Å²) in [6.45, 7) is 2.60. The number of pyridine rings is 2. The van der Waals surface area contributed by atoms with Gasteiger partial charge in [0, 0.05) is 12.4 Å². The van der Waals surface area contributed by atoms with Crippen molar-refractivity contribution in [2.75, 3.05) is 5.75 Å². The smallest absolute Gasteiger partial charge is 0.251 e. The highest BCUT2D eigenvalue weighted by Crippen LogP contribution is 2.34. The standard InChI is InChI=1S/C17H13F6N5O2S/c1-3-31(29,30)12-6-11(17(21,22)23)8-25-14(12)15-26-9(2)28(27-15)13-7-10(4-5-24-13)16(18,19)20/h4-8H,3H2,1-2H3. The highest BCUT2D eigenvalue weighted by molar-refractivity contribution is 7.91. The van der Waals surface area contributed by atoms with Gasteiger partial charge in [0.15, 0.2) is 15.7 Å². The van der Waals surface area contributed by atoms with Crippen molar-refractivity contribution in [3.63, 3.8) is 0 Å². The lowest BCUT2D eigenvalue weighted by Gasteiger charge is -2.11. The molecule has 0 unspecified atom stereocenters. The Labute approximate surface area is 171 Å². The molecule has 0 radical (unpaired) electrons. The molecule has 3 aromatic rings. The second-order valence-corrected chi connectivity index (χ2v) is 8.51. The van der Waals surface area contributed by atoms with Gasteiger partial charge in [0.25, 0.3) is 0 Å². The van der Waals surface area contributed by atoms with Gasteiger partial charge in [-0.3, -0.25) is 4.98 Å². The van der Waals surface area contributed by atoms with Gasteiger partial charge in [-0.05, 0) is 25.1 Å². The molecule has 0 N–H and O–H groups in total. The van der Waals surface area contributed by atoms with E-state index in [1.165, 1.54) is 13.8 Å². The Balaban J connectivity index is 2.18. The second kappa shape index (κ2) is 7.59. The zero-order valence-corrected chi connectivity index (χ0v) is 16.6. The predicted molar refractivity (Wildman–Crippen MR) is 94.9 cm³/mol. The van der Waals surface area contributed by atoms with Crippen LogP contribution in [0.15, 0.2) is 35.5 Å². The quantitative estimate of drug-likeness (QED) is 0.544. The predicted octanol–water partition coefficient (Wildman–Crippen LogP) is 3.86. The molecule has 3 aromatic heterocycles. The van der Waals surface area contributed by atoms with Crippen LogP contribution in [0.2, 0.25) is 0 Å². The van der Waals surface area contributed by atoms with Gasteiger partial charge in [-0.25, -0.2) is 18.4 Å². The zero-order chi connectivity index (χ0) is 23.2. The number of hydrogen-bond donors (Lipinski definition) is 0. The second-order valence-electron chi connectivity index (χ2n) is 6.27. The minimum absolute atomic E-state index is 0.0170. The molecule has 14 heteroatoms. The van der Waals surface area contributed by atoms with Crippen LogP contribution in [0.3, 0.4) is 0 Å². The third kappa shape index (κ3) is 4.52. The molecule has 0 atom stereocenters. The maximum absolute atomic E-state index is 13.0. The van der Waals surface area contributed by atoms with Crippen LogP contribution in [0.5, 0.6) is 0 Å². The molecular weight excluding hydrogens is 452 g/mol. The van der Waals surface area contributed by atoms with Gasteiger partial charge in [0.1, 0.15) is 11.5 Å². The minimum Gasteiger partial charge on any atom is -0.251 e. The lowest BCUT2D eigenvalue weighted by molar-refractivity contribution is -0.138. The number of rotatable bonds is 4. The maximum Gasteiger partial charge on any atom is 0.417 e. The van der Waals surface area contributed by atoms with E-state index in [2.05, 4.69) is 20.1 Å². The largest absolute Gasteiger partial charge is 0.417 e. The normalized spacial score (nSPS) is 12.9. The molecule has 0 bridgehead atoms. The van der Waals surface area contributed by atoms with E-state index in [9.17, 15) is 34.8 Å². The number of halogens is 6. The molecule has 0 saturated carbocycles. The van der Waals surface area contributed by atoms with E-state index in [0.717, 1.165) is 16.9 Å². The highest BCUT2D eigenvalue weighted by atomic mass is 32.2. The maximum atomic E-state index is 13.0. The van der Waals surface area contributed by atoms with Gasteiger partial charge >= 0.3 is 12.4 Å². The van der Waals surface area contributed by atoms with Crippen molar-refractivity contribution in [3.8, 4) is 17.3 Å². The first kappa shape index (κ1) is 22.7. The van der Waals surface area contributed by atoms with E-state index in [1.54, 1.807) is 0 Å². The number of aromatic nitrogens is 5. The van der Waals surface area contributed by atoms with Crippen LogP contribution in [-0.4, -0.2) is 38.9 Å². The molecule has 3 rings (SSSR count). The number of sulfone groups is 1. The summed E-state index contributed by atoms with van der Waals surface area (Å²) in [6, 6.07) is 1.88. The molecule has 0 aliphatic rings. The Morgan fingerprint density at radius 1 is 1.00 bits per heavy atom. The molecule has 0 aliphatic heterocycles. The summed E-state index contributed by atoms with van der Waals surface area (Å²) in [5.41, 5.74) is -2.74. The van der Waals surface area contributed by atoms with Crippen LogP contribution in [-0.2, 0) is 22.2 Å². The molecule has 0 amide bonds. The molecule has 166 valence electrons. The summed E-state index contributed by atoms with van der Waals surface area (Å²) in [7, 11) is -4.17. The van der Waals surface area contributed by atoms with Crippen LogP contribution in [0.1, 0.15) is 23.9 Å². The van der Waals surface area contributed by atoms with Gasteiger partial charge < -0.3 is 0 Å². The Morgan fingerprint density at radius 3 is 2.23 bits per heavy atom. The van der Waals surface area contributed by atoms with Crippen LogP contribution in [0, 0.1) is 6.92 Å². The number of aryl methyl sites for hydroxylation is 1. The lowest BCUT2D eigenvalue weighted by Crippen LogP contribution is -2.12. The summed E-state index contributed by atoms with van der Waals surface area (Å²) in [6.07, 6.45) is -8.15. The average molecular weight is 465 g/mol. The summed E-state index contributed by atoms with van der Waals surface area (Å²) >= 11 is 0. The van der Waals surface area contributed by atoms with Crippen LogP contribution < -0.4 is 0 Å². The number of alkyl halides is 6. The van der Waals surface area contributed by atoms with E-state index < -0.39 is 49.7 Å². The molecule has 7 nitrogen and oxygen atoms in total. The number of hydrogen-bond acceptors (Lipinski definition) is 6. The first-order valence-electron chi connectivity index (χ1n) is 8.51. The summed E-state index contributed by atoms with van der Waals surface area (Å²) in [5.74, 6) is -1.14. The Bertz CT molecular complexity index is 1230. The van der Waals surface area contributed by atoms with Crippen LogP contribution in [0.25, 0.3) is 17.3 Å². The Hall–Kier alpha value is -3.03. The number of nitrogens with zero attached hydrogens (tertiary/aromatic N) is 5. The molecule has 3 heterocycles. The van der Waals surface area contributed by atoms with Crippen molar-refractivity contribution >= 4 is 9.84 Å². The van der Waals surface area contributed by atoms with Gasteiger partial charge in [-0.2, -0.15) is 31.0 Å². The summed E-state index contributed by atoms with van der Waals surface area (Å²) in [5, 5.41) is 3.94. The summed E-state index contributed by atoms with van der Waals surface area (Å²) in [4.78, 5) is 10.6. The van der Waals surface area contributed by atoms with E-state index in [-0.39, 0.29) is 17.5 Å². The van der Waals surface area contributed by atoms with Crippen molar-refractivity contribution in [1.82, 2.24) is 24.7 Å². The Morgan fingerprint density at radius 2 is 1.65 bits per heavy atom. The fourth-order valence-electron chi connectivity index (χ4n) is 2.58.